The van der Waals surface area contributed by atoms with Crippen molar-refractivity contribution in [3.8, 4) is 0 Å². The predicted octanol–water partition coefficient (Wildman–Crippen LogP) is 3.49. The van der Waals surface area contributed by atoms with Crippen molar-refractivity contribution in [2.75, 3.05) is 18.5 Å². The Labute approximate surface area is 161 Å². The first kappa shape index (κ1) is 19.7. The van der Waals surface area contributed by atoms with E-state index in [0.717, 1.165) is 12.0 Å². The second kappa shape index (κ2) is 8.32. The van der Waals surface area contributed by atoms with E-state index < -0.39 is 22.1 Å². The third-order valence-electron chi connectivity index (χ3n) is 5.07. The largest absolute Gasteiger partial charge is 0.392 e. The zero-order valence-corrected chi connectivity index (χ0v) is 15.3. The highest BCUT2D eigenvalue weighted by molar-refractivity contribution is 5.77. The summed E-state index contributed by atoms with van der Waals surface area (Å²) < 4.78 is 5.81. The topological polar surface area (TPSA) is 128 Å². The van der Waals surface area contributed by atoms with E-state index in [1.54, 1.807) is 0 Å². The Kier molecular flexibility index (Phi) is 5.86. The summed E-state index contributed by atoms with van der Waals surface area (Å²) in [6.07, 6.45) is 0.562. The summed E-state index contributed by atoms with van der Waals surface area (Å²) in [5.41, 5.74) is 0.439. The first-order valence-electron chi connectivity index (χ1n) is 8.90. The van der Waals surface area contributed by atoms with Gasteiger partial charge in [-0.25, -0.2) is 0 Å². The molecule has 1 aliphatic heterocycles. The Bertz CT molecular complexity index is 887. The van der Waals surface area contributed by atoms with Crippen LogP contribution in [0.25, 0.3) is 0 Å². The fourth-order valence-electron chi connectivity index (χ4n) is 3.60. The van der Waals surface area contributed by atoms with E-state index in [1.807, 2.05) is 30.3 Å². The van der Waals surface area contributed by atoms with Gasteiger partial charge in [0.2, 0.25) is 0 Å². The van der Waals surface area contributed by atoms with Crippen molar-refractivity contribution in [2.24, 2.45) is 5.92 Å². The average molecular weight is 387 g/mol. The molecule has 9 nitrogen and oxygen atoms in total. The molecule has 0 bridgehead atoms. The Morgan fingerprint density at radius 3 is 2.54 bits per heavy atom. The summed E-state index contributed by atoms with van der Waals surface area (Å²) >= 11 is 0. The van der Waals surface area contributed by atoms with Crippen molar-refractivity contribution in [3.05, 3.63) is 73.3 Å². The molecule has 2 N–H and O–H groups in total. The number of anilines is 1. The highest BCUT2D eigenvalue weighted by Crippen LogP contribution is 2.41. The van der Waals surface area contributed by atoms with Gasteiger partial charge in [0.25, 0.3) is 5.69 Å². The third kappa shape index (κ3) is 3.80. The average Bonchev–Trinajstić information content (AvgIpc) is 3.15. The summed E-state index contributed by atoms with van der Waals surface area (Å²) in [7, 11) is 0. The summed E-state index contributed by atoms with van der Waals surface area (Å²) in [5, 5.41) is 35.4. The number of nitrogens with zero attached hydrogens (tertiary/aromatic N) is 2. The second-order valence-electron chi connectivity index (χ2n) is 6.71. The Balaban J connectivity index is 1.92. The van der Waals surface area contributed by atoms with Crippen LogP contribution in [0, 0.1) is 33.1 Å². The van der Waals surface area contributed by atoms with Gasteiger partial charge in [0.1, 0.15) is 0 Å². The van der Waals surface area contributed by atoms with Crippen LogP contribution in [0.15, 0.2) is 36.4 Å². The lowest BCUT2D eigenvalue weighted by Crippen LogP contribution is -2.19. The highest BCUT2D eigenvalue weighted by atomic mass is 16.6. The number of hydrogen-bond donors (Lipinski definition) is 2. The molecule has 0 saturated carbocycles. The van der Waals surface area contributed by atoms with Crippen LogP contribution in [-0.4, -0.2) is 28.1 Å². The molecule has 0 aromatic heterocycles. The molecule has 28 heavy (non-hydrogen) atoms. The highest BCUT2D eigenvalue weighted by Gasteiger charge is 2.33. The van der Waals surface area contributed by atoms with Gasteiger partial charge in [0.15, 0.2) is 5.69 Å². The second-order valence-corrected chi connectivity index (χ2v) is 6.71. The molecule has 0 amide bonds. The van der Waals surface area contributed by atoms with Crippen molar-refractivity contribution >= 4 is 17.1 Å². The van der Waals surface area contributed by atoms with Crippen molar-refractivity contribution < 1.29 is 19.7 Å². The van der Waals surface area contributed by atoms with Crippen LogP contribution < -0.4 is 5.32 Å². The van der Waals surface area contributed by atoms with Gasteiger partial charge in [-0.2, -0.15) is 0 Å². The molecule has 1 heterocycles. The minimum atomic E-state index is -0.673. The smallest absolute Gasteiger partial charge is 0.302 e. The number of aliphatic hydroxyl groups excluding tert-OH is 1. The van der Waals surface area contributed by atoms with E-state index in [1.165, 1.54) is 13.0 Å². The van der Waals surface area contributed by atoms with E-state index in [-0.39, 0.29) is 34.5 Å². The summed E-state index contributed by atoms with van der Waals surface area (Å²) in [6.45, 7) is 1.81. The van der Waals surface area contributed by atoms with Crippen molar-refractivity contribution in [2.45, 2.75) is 26.1 Å². The van der Waals surface area contributed by atoms with Gasteiger partial charge < -0.3 is 15.2 Å². The molecule has 0 radical (unpaired) electrons. The van der Waals surface area contributed by atoms with Crippen LogP contribution in [0.3, 0.4) is 0 Å². The number of nitro groups is 2. The molecule has 2 aromatic rings. The number of ether oxygens (including phenoxy) is 1. The van der Waals surface area contributed by atoms with Gasteiger partial charge in [-0.1, -0.05) is 30.3 Å². The Hall–Kier alpha value is -3.04. The maximum Gasteiger partial charge on any atom is 0.302 e. The fraction of sp³-hybridized carbons (Fsp3) is 0.368. The number of nitrogens with one attached hydrogen (secondary N) is 1. The first-order chi connectivity index (χ1) is 13.4. The zero-order valence-electron chi connectivity index (χ0n) is 15.3. The normalized spacial score (nSPS) is 18.8. The lowest BCUT2D eigenvalue weighted by atomic mass is 9.95. The predicted molar refractivity (Wildman–Crippen MR) is 102 cm³/mol. The molecule has 2 atom stereocenters. The number of benzene rings is 2. The molecule has 0 aliphatic carbocycles. The molecular weight excluding hydrogens is 366 g/mol. The summed E-state index contributed by atoms with van der Waals surface area (Å²) in [5.74, 6) is 0.0134. The molecule has 2 unspecified atom stereocenters. The lowest BCUT2D eigenvalue weighted by molar-refractivity contribution is -0.392. The maximum absolute atomic E-state index is 11.6. The van der Waals surface area contributed by atoms with Gasteiger partial charge in [-0.15, -0.1) is 0 Å². The van der Waals surface area contributed by atoms with Crippen LogP contribution >= 0.6 is 0 Å². The molecule has 2 aromatic carbocycles. The van der Waals surface area contributed by atoms with Crippen LogP contribution in [0.1, 0.15) is 29.2 Å². The molecule has 148 valence electrons. The minimum Gasteiger partial charge on any atom is -0.392 e. The van der Waals surface area contributed by atoms with E-state index >= 15 is 0 Å². The van der Waals surface area contributed by atoms with E-state index in [2.05, 4.69) is 5.32 Å². The summed E-state index contributed by atoms with van der Waals surface area (Å²) in [6, 6.07) is 10.8. The maximum atomic E-state index is 11.6. The fourth-order valence-corrected chi connectivity index (χ4v) is 3.60. The van der Waals surface area contributed by atoms with Crippen LogP contribution in [0.5, 0.6) is 0 Å². The van der Waals surface area contributed by atoms with Gasteiger partial charge in [0, 0.05) is 30.7 Å². The van der Waals surface area contributed by atoms with Crippen molar-refractivity contribution in [3.63, 3.8) is 0 Å². The summed E-state index contributed by atoms with van der Waals surface area (Å²) in [4.78, 5) is 21.8. The zero-order chi connectivity index (χ0) is 20.3. The Morgan fingerprint density at radius 1 is 1.21 bits per heavy atom. The van der Waals surface area contributed by atoms with Gasteiger partial charge in [-0.3, -0.25) is 20.2 Å². The number of rotatable bonds is 7. The monoisotopic (exact) mass is 387 g/mol. The van der Waals surface area contributed by atoms with Gasteiger partial charge >= 0.3 is 5.69 Å². The standard InChI is InChI=1S/C19H21N3O6/c1-12-15(11-23)9-16(21(24)25)17(18(12)22(26)27)20-10-14-7-8-28-19(14)13-5-3-2-4-6-13/h2-6,9,14,19-20,23H,7-8,10-11H2,1H3. The van der Waals surface area contributed by atoms with Crippen LogP contribution in [0.2, 0.25) is 0 Å². The van der Waals surface area contributed by atoms with E-state index in [9.17, 15) is 25.3 Å². The van der Waals surface area contributed by atoms with E-state index in [0.29, 0.717) is 13.2 Å². The van der Waals surface area contributed by atoms with E-state index in [4.69, 9.17) is 4.74 Å². The van der Waals surface area contributed by atoms with Crippen LogP contribution in [0.4, 0.5) is 17.1 Å². The SMILES string of the molecule is Cc1c(CO)cc([N+](=O)[O-])c(NCC2CCOC2c2ccccc2)c1[N+](=O)[O-]. The van der Waals surface area contributed by atoms with Crippen LogP contribution in [-0.2, 0) is 11.3 Å². The molecule has 3 rings (SSSR count). The first-order valence-corrected chi connectivity index (χ1v) is 8.90. The molecule has 1 aliphatic rings. The third-order valence-corrected chi connectivity index (χ3v) is 5.07. The minimum absolute atomic E-state index is 0.0134. The number of nitro benzene ring substituents is 2. The van der Waals surface area contributed by atoms with Gasteiger partial charge in [-0.05, 0) is 24.5 Å². The lowest BCUT2D eigenvalue weighted by Gasteiger charge is -2.20. The molecule has 1 saturated heterocycles. The molecule has 0 spiro atoms. The quantitative estimate of drug-likeness (QED) is 0.550. The molecular formula is C19H21N3O6. The number of aliphatic hydroxyl groups is 1. The van der Waals surface area contributed by atoms with Crippen molar-refractivity contribution in [1.82, 2.24) is 0 Å². The Morgan fingerprint density at radius 2 is 1.93 bits per heavy atom. The molecule has 9 heteroatoms. The van der Waals surface area contributed by atoms with Gasteiger partial charge in [0.05, 0.1) is 22.6 Å². The van der Waals surface area contributed by atoms with Crippen molar-refractivity contribution in [1.29, 1.82) is 0 Å². The molecule has 1 fully saturated rings. The number of hydrogen-bond acceptors (Lipinski definition) is 7.